The predicted molar refractivity (Wildman–Crippen MR) is 215 cm³/mol. The van der Waals surface area contributed by atoms with Gasteiger partial charge in [0.25, 0.3) is 0 Å². The lowest BCUT2D eigenvalue weighted by Crippen LogP contribution is -2.30. The Morgan fingerprint density at radius 3 is 1.12 bits per heavy atom. The van der Waals surface area contributed by atoms with Crippen molar-refractivity contribution < 1.29 is 28.6 Å². The normalized spacial score (nSPS) is 12.6. The maximum absolute atomic E-state index is 12.7. The minimum Gasteiger partial charge on any atom is -0.462 e. The zero-order valence-corrected chi connectivity index (χ0v) is 34.7. The third-order valence-corrected chi connectivity index (χ3v) is 10.3. The van der Waals surface area contributed by atoms with Crippen molar-refractivity contribution in [3.05, 3.63) is 0 Å². The van der Waals surface area contributed by atoms with E-state index in [1.807, 2.05) is 0 Å². The zero-order chi connectivity index (χ0) is 37.6. The van der Waals surface area contributed by atoms with Crippen LogP contribution in [-0.2, 0) is 28.6 Å². The second kappa shape index (κ2) is 38.1. The molecule has 0 spiro atoms. The van der Waals surface area contributed by atoms with Crippen molar-refractivity contribution in [1.29, 1.82) is 0 Å². The summed E-state index contributed by atoms with van der Waals surface area (Å²) < 4.78 is 16.6. The maximum atomic E-state index is 12.7. The molecule has 0 amide bonds. The molecule has 0 N–H and O–H groups in total. The highest BCUT2D eigenvalue weighted by Gasteiger charge is 2.19. The molecule has 0 aromatic carbocycles. The second-order valence-electron chi connectivity index (χ2n) is 16.1. The van der Waals surface area contributed by atoms with E-state index in [1.165, 1.54) is 128 Å². The van der Waals surface area contributed by atoms with Gasteiger partial charge in [-0.2, -0.15) is 0 Å². The van der Waals surface area contributed by atoms with Gasteiger partial charge < -0.3 is 14.2 Å². The van der Waals surface area contributed by atoms with Crippen LogP contribution in [0.2, 0.25) is 0 Å². The Balaban J connectivity index is 4.30. The van der Waals surface area contributed by atoms with E-state index in [2.05, 4.69) is 34.6 Å². The van der Waals surface area contributed by atoms with Gasteiger partial charge in [0.15, 0.2) is 6.10 Å². The first-order valence-electron chi connectivity index (χ1n) is 22.3. The maximum Gasteiger partial charge on any atom is 0.306 e. The molecule has 6 heteroatoms. The minimum absolute atomic E-state index is 0.0658. The number of rotatable bonds is 39. The van der Waals surface area contributed by atoms with E-state index < -0.39 is 6.10 Å². The van der Waals surface area contributed by atoms with E-state index in [-0.39, 0.29) is 31.1 Å². The van der Waals surface area contributed by atoms with Crippen molar-refractivity contribution in [1.82, 2.24) is 0 Å². The summed E-state index contributed by atoms with van der Waals surface area (Å²) in [5, 5.41) is 0. The summed E-state index contributed by atoms with van der Waals surface area (Å²) in [4.78, 5) is 37.5. The molecule has 0 saturated heterocycles. The van der Waals surface area contributed by atoms with Crippen molar-refractivity contribution in [3.8, 4) is 0 Å². The van der Waals surface area contributed by atoms with Gasteiger partial charge in [-0.25, -0.2) is 0 Å². The molecule has 302 valence electrons. The molecule has 0 rings (SSSR count). The van der Waals surface area contributed by atoms with Gasteiger partial charge >= 0.3 is 17.9 Å². The molecule has 0 radical (unpaired) electrons. The highest BCUT2D eigenvalue weighted by Crippen LogP contribution is 2.17. The average Bonchev–Trinajstić information content (AvgIpc) is 3.11. The summed E-state index contributed by atoms with van der Waals surface area (Å²) in [5.41, 5.74) is 0. The van der Waals surface area contributed by atoms with Crippen molar-refractivity contribution in [3.63, 3.8) is 0 Å². The fourth-order valence-corrected chi connectivity index (χ4v) is 6.54. The van der Waals surface area contributed by atoms with Gasteiger partial charge in [-0.3, -0.25) is 14.4 Å². The fraction of sp³-hybridized carbons (Fsp3) is 0.933. The summed E-state index contributed by atoms with van der Waals surface area (Å²) in [5.74, 6) is 0.807. The first-order chi connectivity index (χ1) is 24.8. The van der Waals surface area contributed by atoms with E-state index in [1.54, 1.807) is 0 Å². The quantitative estimate of drug-likeness (QED) is 0.0357. The van der Waals surface area contributed by atoms with Gasteiger partial charge in [-0.1, -0.05) is 202 Å². The standard InChI is InChI=1S/C45H86O6/c1-6-8-9-10-18-25-30-35-43(46)49-38-42(39-50-44(47)36-31-26-21-17-16-20-24-29-34-41(5)7-2)51-45(48)37-32-27-22-15-13-11-12-14-19-23-28-33-40(3)4/h40-42H,6-39H2,1-5H3/t41?,42-/m0/s1. The van der Waals surface area contributed by atoms with Gasteiger partial charge in [0.05, 0.1) is 0 Å². The molecule has 51 heavy (non-hydrogen) atoms. The molecule has 6 nitrogen and oxygen atoms in total. The predicted octanol–water partition coefficient (Wildman–Crippen LogP) is 13.8. The number of carbonyl (C=O) groups is 3. The molecule has 2 atom stereocenters. The molecule has 0 aliphatic carbocycles. The van der Waals surface area contributed by atoms with Crippen LogP contribution in [0.25, 0.3) is 0 Å². The Morgan fingerprint density at radius 2 is 0.745 bits per heavy atom. The number of unbranched alkanes of at least 4 members (excludes halogenated alkanes) is 23. The summed E-state index contributed by atoms with van der Waals surface area (Å²) in [6.07, 6.45) is 35.2. The number of ether oxygens (including phenoxy) is 3. The molecule has 0 aliphatic heterocycles. The van der Waals surface area contributed by atoms with Crippen molar-refractivity contribution in [2.45, 2.75) is 246 Å². The van der Waals surface area contributed by atoms with Crippen LogP contribution < -0.4 is 0 Å². The Kier molecular flexibility index (Phi) is 37.0. The van der Waals surface area contributed by atoms with Gasteiger partial charge in [0.1, 0.15) is 13.2 Å². The number of esters is 3. The van der Waals surface area contributed by atoms with Crippen molar-refractivity contribution in [2.75, 3.05) is 13.2 Å². The Morgan fingerprint density at radius 1 is 0.412 bits per heavy atom. The molecule has 0 bridgehead atoms. The van der Waals surface area contributed by atoms with E-state index >= 15 is 0 Å². The van der Waals surface area contributed by atoms with Crippen LogP contribution in [0.3, 0.4) is 0 Å². The van der Waals surface area contributed by atoms with E-state index in [4.69, 9.17) is 14.2 Å². The first-order valence-corrected chi connectivity index (χ1v) is 22.3. The third-order valence-electron chi connectivity index (χ3n) is 10.3. The van der Waals surface area contributed by atoms with Gasteiger partial charge in [-0.15, -0.1) is 0 Å². The Bertz CT molecular complexity index is 781. The molecule has 0 aromatic rings. The summed E-state index contributed by atoms with van der Waals surface area (Å²) in [6.45, 7) is 11.3. The highest BCUT2D eigenvalue weighted by atomic mass is 16.6. The molecule has 0 heterocycles. The van der Waals surface area contributed by atoms with Crippen LogP contribution >= 0.6 is 0 Å². The van der Waals surface area contributed by atoms with E-state index in [9.17, 15) is 14.4 Å². The first kappa shape index (κ1) is 49.4. The van der Waals surface area contributed by atoms with Crippen molar-refractivity contribution >= 4 is 17.9 Å². The van der Waals surface area contributed by atoms with Crippen LogP contribution in [0, 0.1) is 11.8 Å². The lowest BCUT2D eigenvalue weighted by molar-refractivity contribution is -0.167. The highest BCUT2D eigenvalue weighted by molar-refractivity contribution is 5.71. The number of carbonyl (C=O) groups excluding carboxylic acids is 3. The Hall–Kier alpha value is -1.59. The molecule has 0 fully saturated rings. The summed E-state index contributed by atoms with van der Waals surface area (Å²) in [6, 6.07) is 0. The van der Waals surface area contributed by atoms with Crippen LogP contribution in [-0.4, -0.2) is 37.2 Å². The topological polar surface area (TPSA) is 78.9 Å². The van der Waals surface area contributed by atoms with E-state index in [0.717, 1.165) is 69.6 Å². The average molecular weight is 723 g/mol. The third kappa shape index (κ3) is 38.0. The van der Waals surface area contributed by atoms with Crippen LogP contribution in [0.5, 0.6) is 0 Å². The minimum atomic E-state index is -0.759. The van der Waals surface area contributed by atoms with Crippen molar-refractivity contribution in [2.24, 2.45) is 11.8 Å². The lowest BCUT2D eigenvalue weighted by Gasteiger charge is -2.18. The molecule has 1 unspecified atom stereocenters. The molecule has 0 aliphatic rings. The molecule has 0 aromatic heterocycles. The molecular weight excluding hydrogens is 636 g/mol. The van der Waals surface area contributed by atoms with Crippen LogP contribution in [0.15, 0.2) is 0 Å². The molecular formula is C45H86O6. The van der Waals surface area contributed by atoms with E-state index in [0.29, 0.717) is 19.3 Å². The van der Waals surface area contributed by atoms with Gasteiger partial charge in [0, 0.05) is 19.3 Å². The molecule has 0 saturated carbocycles. The fourth-order valence-electron chi connectivity index (χ4n) is 6.54. The lowest BCUT2D eigenvalue weighted by atomic mass is 9.99. The summed E-state index contributed by atoms with van der Waals surface area (Å²) in [7, 11) is 0. The monoisotopic (exact) mass is 723 g/mol. The number of hydrogen-bond donors (Lipinski definition) is 0. The van der Waals surface area contributed by atoms with Gasteiger partial charge in [0.2, 0.25) is 0 Å². The largest absolute Gasteiger partial charge is 0.462 e. The summed E-state index contributed by atoms with van der Waals surface area (Å²) >= 11 is 0. The number of hydrogen-bond acceptors (Lipinski definition) is 6. The van der Waals surface area contributed by atoms with Crippen LogP contribution in [0.4, 0.5) is 0 Å². The second-order valence-corrected chi connectivity index (χ2v) is 16.1. The smallest absolute Gasteiger partial charge is 0.306 e. The SMILES string of the molecule is CCCCCCCCCC(=O)OC[C@@H](COC(=O)CCCCCCCCCCC(C)CC)OC(=O)CCCCCCCCCCCCCC(C)C. The Labute approximate surface area is 317 Å². The van der Waals surface area contributed by atoms with Crippen LogP contribution in [0.1, 0.15) is 240 Å². The zero-order valence-electron chi connectivity index (χ0n) is 34.7. The van der Waals surface area contributed by atoms with Gasteiger partial charge in [-0.05, 0) is 31.1 Å².